The molecule has 1 saturated heterocycles. The summed E-state index contributed by atoms with van der Waals surface area (Å²) in [5.41, 5.74) is 2.59. The van der Waals surface area contributed by atoms with Crippen LogP contribution < -0.4 is 0 Å². The average Bonchev–Trinajstić information content (AvgIpc) is 2.71. The fourth-order valence-electron chi connectivity index (χ4n) is 3.72. The summed E-state index contributed by atoms with van der Waals surface area (Å²) in [5, 5.41) is 0. The number of sulfonamides is 1. The molecule has 1 fully saturated rings. The van der Waals surface area contributed by atoms with Gasteiger partial charge in [0.25, 0.3) is 0 Å². The minimum absolute atomic E-state index is 0.0150. The molecule has 1 aromatic carbocycles. The standard InChI is InChI=1S/C23H35F3N2O4S/c1-14(2)18-12-19(15(3)4)21(20(13-18)16(5)6)33(30,31)28-10-8-27(9-11-28)22(29)32-17(7)23(24,25)26/h12-17H,8-11H2,1-7H3. The van der Waals surface area contributed by atoms with Gasteiger partial charge in [0.1, 0.15) is 0 Å². The summed E-state index contributed by atoms with van der Waals surface area (Å²) >= 11 is 0. The predicted octanol–water partition coefficient (Wildman–Crippen LogP) is 5.45. The lowest BCUT2D eigenvalue weighted by molar-refractivity contribution is -0.199. The number of halogens is 3. The van der Waals surface area contributed by atoms with Gasteiger partial charge in [-0.1, -0.05) is 53.7 Å². The molecule has 1 aliphatic heterocycles. The highest BCUT2D eigenvalue weighted by Crippen LogP contribution is 2.37. The third-order valence-corrected chi connectivity index (χ3v) is 7.94. The summed E-state index contributed by atoms with van der Waals surface area (Å²) in [6.07, 6.45) is -7.97. The van der Waals surface area contributed by atoms with E-state index in [4.69, 9.17) is 0 Å². The molecule has 1 aliphatic rings. The molecule has 0 aromatic heterocycles. The fourth-order valence-corrected chi connectivity index (χ4v) is 5.81. The van der Waals surface area contributed by atoms with Crippen LogP contribution in [0.2, 0.25) is 0 Å². The van der Waals surface area contributed by atoms with Crippen molar-refractivity contribution in [2.45, 2.75) is 83.4 Å². The minimum atomic E-state index is -4.65. The van der Waals surface area contributed by atoms with E-state index in [0.717, 1.165) is 28.5 Å². The highest BCUT2D eigenvalue weighted by Gasteiger charge is 2.41. The van der Waals surface area contributed by atoms with Gasteiger partial charge in [0.15, 0.2) is 6.10 Å². The Morgan fingerprint density at radius 2 is 1.33 bits per heavy atom. The first-order valence-electron chi connectivity index (χ1n) is 11.3. The van der Waals surface area contributed by atoms with Crippen LogP contribution in [-0.2, 0) is 14.8 Å². The van der Waals surface area contributed by atoms with E-state index in [1.807, 2.05) is 39.8 Å². The molecular weight excluding hydrogens is 457 g/mol. The highest BCUT2D eigenvalue weighted by atomic mass is 32.2. The molecule has 33 heavy (non-hydrogen) atoms. The van der Waals surface area contributed by atoms with E-state index in [-0.39, 0.29) is 43.9 Å². The minimum Gasteiger partial charge on any atom is -0.437 e. The first kappa shape index (κ1) is 27.4. The molecule has 1 aromatic rings. The van der Waals surface area contributed by atoms with Crippen LogP contribution in [0.15, 0.2) is 17.0 Å². The average molecular weight is 493 g/mol. The van der Waals surface area contributed by atoms with Gasteiger partial charge in [-0.05, 0) is 41.4 Å². The van der Waals surface area contributed by atoms with Crippen LogP contribution in [0.25, 0.3) is 0 Å². The molecular formula is C23H35F3N2O4S. The van der Waals surface area contributed by atoms with E-state index in [0.29, 0.717) is 4.90 Å². The smallest absolute Gasteiger partial charge is 0.425 e. The van der Waals surface area contributed by atoms with E-state index >= 15 is 0 Å². The van der Waals surface area contributed by atoms with Crippen molar-refractivity contribution in [3.8, 4) is 0 Å². The van der Waals surface area contributed by atoms with Gasteiger partial charge >= 0.3 is 12.3 Å². The van der Waals surface area contributed by atoms with Gasteiger partial charge in [-0.3, -0.25) is 0 Å². The van der Waals surface area contributed by atoms with E-state index in [9.17, 15) is 26.4 Å². The first-order valence-corrected chi connectivity index (χ1v) is 12.7. The molecule has 0 N–H and O–H groups in total. The molecule has 0 radical (unpaired) electrons. The number of piperazine rings is 1. The summed E-state index contributed by atoms with van der Waals surface area (Å²) in [7, 11) is -3.88. The first-order chi connectivity index (χ1) is 15.1. The van der Waals surface area contributed by atoms with Gasteiger partial charge in [0.2, 0.25) is 10.0 Å². The summed E-state index contributed by atoms with van der Waals surface area (Å²) in [6.45, 7) is 12.6. The number of hydrogen-bond acceptors (Lipinski definition) is 4. The lowest BCUT2D eigenvalue weighted by Gasteiger charge is -2.35. The lowest BCUT2D eigenvalue weighted by Crippen LogP contribution is -2.51. The molecule has 6 nitrogen and oxygen atoms in total. The number of alkyl halides is 3. The molecule has 0 saturated carbocycles. The number of carbonyl (C=O) groups excluding carboxylic acids is 1. The second-order valence-electron chi connectivity index (χ2n) is 9.45. The number of rotatable bonds is 6. The van der Waals surface area contributed by atoms with Crippen molar-refractivity contribution in [1.29, 1.82) is 0 Å². The molecule has 10 heteroatoms. The second-order valence-corrected chi connectivity index (χ2v) is 11.3. The molecule has 188 valence electrons. The summed E-state index contributed by atoms with van der Waals surface area (Å²) < 4.78 is 71.3. The Bertz CT molecular complexity index is 922. The fraction of sp³-hybridized carbons (Fsp3) is 0.696. The Labute approximate surface area is 195 Å². The summed E-state index contributed by atoms with van der Waals surface area (Å²) in [5.74, 6) is 0.197. The quantitative estimate of drug-likeness (QED) is 0.530. The van der Waals surface area contributed by atoms with Gasteiger partial charge in [0, 0.05) is 26.2 Å². The maximum atomic E-state index is 13.7. The molecule has 0 spiro atoms. The number of ether oxygens (including phenoxy) is 1. The summed E-state index contributed by atoms with van der Waals surface area (Å²) in [4.78, 5) is 13.5. The van der Waals surface area contributed by atoms with Gasteiger partial charge in [-0.25, -0.2) is 13.2 Å². The van der Waals surface area contributed by atoms with E-state index in [2.05, 4.69) is 18.6 Å². The molecule has 0 aliphatic carbocycles. The van der Waals surface area contributed by atoms with Crippen LogP contribution in [0.1, 0.15) is 82.9 Å². The van der Waals surface area contributed by atoms with Crippen molar-refractivity contribution in [2.75, 3.05) is 26.2 Å². The number of hydrogen-bond donors (Lipinski definition) is 0. The SMILES string of the molecule is CC(C)c1cc(C(C)C)c(S(=O)(=O)N2CCN(C(=O)OC(C)C(F)(F)F)CC2)c(C(C)C)c1. The number of amides is 1. The Morgan fingerprint density at radius 1 is 0.879 bits per heavy atom. The maximum Gasteiger partial charge on any atom is 0.425 e. The van der Waals surface area contributed by atoms with Crippen molar-refractivity contribution >= 4 is 16.1 Å². The zero-order valence-corrected chi connectivity index (χ0v) is 21.2. The number of benzene rings is 1. The van der Waals surface area contributed by atoms with Crippen molar-refractivity contribution in [2.24, 2.45) is 0 Å². The van der Waals surface area contributed by atoms with E-state index < -0.39 is 28.4 Å². The second kappa shape index (κ2) is 10.2. The van der Waals surface area contributed by atoms with Crippen LogP contribution in [0.4, 0.5) is 18.0 Å². The Morgan fingerprint density at radius 3 is 1.70 bits per heavy atom. The zero-order valence-electron chi connectivity index (χ0n) is 20.4. The topological polar surface area (TPSA) is 66.9 Å². The summed E-state index contributed by atoms with van der Waals surface area (Å²) in [6, 6.07) is 3.92. The molecule has 2 rings (SSSR count). The van der Waals surface area contributed by atoms with E-state index in [1.165, 1.54) is 4.31 Å². The van der Waals surface area contributed by atoms with Gasteiger partial charge < -0.3 is 9.64 Å². The van der Waals surface area contributed by atoms with Crippen LogP contribution in [0.3, 0.4) is 0 Å². The maximum absolute atomic E-state index is 13.7. The van der Waals surface area contributed by atoms with Crippen LogP contribution in [0, 0.1) is 0 Å². The lowest BCUT2D eigenvalue weighted by atomic mass is 9.89. The number of nitrogens with zero attached hydrogens (tertiary/aromatic N) is 2. The van der Waals surface area contributed by atoms with Gasteiger partial charge in [-0.15, -0.1) is 0 Å². The van der Waals surface area contributed by atoms with Crippen molar-refractivity contribution in [3.05, 3.63) is 28.8 Å². The van der Waals surface area contributed by atoms with Gasteiger partial charge in [-0.2, -0.15) is 17.5 Å². The molecule has 1 heterocycles. The third kappa shape index (κ3) is 6.20. The van der Waals surface area contributed by atoms with Crippen LogP contribution >= 0.6 is 0 Å². The normalized spacial score (nSPS) is 17.2. The Hall–Kier alpha value is -1.81. The van der Waals surface area contributed by atoms with Crippen LogP contribution in [-0.4, -0.2) is 62.2 Å². The molecule has 1 atom stereocenters. The largest absolute Gasteiger partial charge is 0.437 e. The van der Waals surface area contributed by atoms with Crippen LogP contribution in [0.5, 0.6) is 0 Å². The van der Waals surface area contributed by atoms with Gasteiger partial charge in [0.05, 0.1) is 4.90 Å². The molecule has 0 bridgehead atoms. The monoisotopic (exact) mass is 492 g/mol. The Kier molecular flexibility index (Phi) is 8.49. The Balaban J connectivity index is 2.32. The highest BCUT2D eigenvalue weighted by molar-refractivity contribution is 7.89. The third-order valence-electron chi connectivity index (χ3n) is 5.91. The van der Waals surface area contributed by atoms with Crippen molar-refractivity contribution < 1.29 is 31.1 Å². The molecule has 1 unspecified atom stereocenters. The van der Waals surface area contributed by atoms with Crippen molar-refractivity contribution in [3.63, 3.8) is 0 Å². The zero-order chi connectivity index (χ0) is 25.3. The van der Waals surface area contributed by atoms with Crippen molar-refractivity contribution in [1.82, 2.24) is 9.21 Å². The predicted molar refractivity (Wildman–Crippen MR) is 121 cm³/mol. The number of carbonyl (C=O) groups is 1. The molecule has 1 amide bonds. The van der Waals surface area contributed by atoms with E-state index in [1.54, 1.807) is 0 Å².